The highest BCUT2D eigenvalue weighted by atomic mass is 79.9. The molecule has 0 unspecified atom stereocenters. The highest BCUT2D eigenvalue weighted by Gasteiger charge is 2.25. The molecular formula is C28H31Br2N5O4. The number of aromatic nitrogens is 2. The van der Waals surface area contributed by atoms with Gasteiger partial charge in [0.05, 0.1) is 0 Å². The standard InChI is InChI=1S/C28H31Br2N5O4/c1-28(2,3)39-27(37)32-13-4-12-31-24(36)22-16-33-26(35-14-11-19-15-21(30)9-10-23(19)35)34-25(22)38-17-18-5-7-20(29)8-6-18/h5-10,15-16H,4,11-14,17H2,1-3H3,(H,31,36)(H,32,37). The third kappa shape index (κ3) is 8.15. The smallest absolute Gasteiger partial charge is 0.407 e. The van der Waals surface area contributed by atoms with Gasteiger partial charge in [0.2, 0.25) is 11.8 Å². The first kappa shape index (κ1) is 28.8. The molecule has 4 rings (SSSR count). The summed E-state index contributed by atoms with van der Waals surface area (Å²) in [5, 5.41) is 5.54. The normalized spacial score (nSPS) is 12.6. The summed E-state index contributed by atoms with van der Waals surface area (Å²) in [6.07, 6.45) is 2.41. The average molecular weight is 661 g/mol. The quantitative estimate of drug-likeness (QED) is 0.275. The minimum Gasteiger partial charge on any atom is -0.472 e. The molecule has 0 atom stereocenters. The minimum absolute atomic E-state index is 0.206. The molecule has 0 radical (unpaired) electrons. The number of nitrogens with zero attached hydrogens (tertiary/aromatic N) is 3. The fourth-order valence-corrected chi connectivity index (χ4v) is 4.63. The van der Waals surface area contributed by atoms with Crippen LogP contribution in [0.3, 0.4) is 0 Å². The van der Waals surface area contributed by atoms with E-state index in [1.165, 1.54) is 11.8 Å². The molecule has 2 heterocycles. The molecule has 0 aliphatic carbocycles. The topological polar surface area (TPSA) is 106 Å². The average Bonchev–Trinajstić information content (AvgIpc) is 3.30. The van der Waals surface area contributed by atoms with Gasteiger partial charge in [-0.1, -0.05) is 44.0 Å². The number of halogens is 2. The Morgan fingerprint density at radius 3 is 2.49 bits per heavy atom. The summed E-state index contributed by atoms with van der Waals surface area (Å²) in [5.74, 6) is 0.327. The van der Waals surface area contributed by atoms with Gasteiger partial charge in [-0.05, 0) is 75.1 Å². The summed E-state index contributed by atoms with van der Waals surface area (Å²) in [6.45, 7) is 7.09. The molecule has 206 valence electrons. The summed E-state index contributed by atoms with van der Waals surface area (Å²) < 4.78 is 13.3. The van der Waals surface area contributed by atoms with Crippen molar-refractivity contribution in [1.29, 1.82) is 0 Å². The van der Waals surface area contributed by atoms with Crippen molar-refractivity contribution in [3.63, 3.8) is 0 Å². The second-order valence-corrected chi connectivity index (χ2v) is 11.8. The number of carbonyl (C=O) groups excluding carboxylic acids is 2. The lowest BCUT2D eigenvalue weighted by atomic mass is 10.2. The number of fused-ring (bicyclic) bond motifs is 1. The molecule has 2 aromatic carbocycles. The van der Waals surface area contributed by atoms with Crippen molar-refractivity contribution in [2.75, 3.05) is 24.5 Å². The number of nitrogens with one attached hydrogen (secondary N) is 2. The third-order valence-corrected chi connectivity index (χ3v) is 6.78. The zero-order valence-electron chi connectivity index (χ0n) is 22.1. The van der Waals surface area contributed by atoms with E-state index in [4.69, 9.17) is 9.47 Å². The molecule has 3 aromatic rings. The van der Waals surface area contributed by atoms with Crippen molar-refractivity contribution >= 4 is 55.5 Å². The SMILES string of the molecule is CC(C)(C)OC(=O)NCCCNC(=O)c1cnc(N2CCc3cc(Br)ccc32)nc1OCc1ccc(Br)cc1. The first-order valence-electron chi connectivity index (χ1n) is 12.6. The molecule has 39 heavy (non-hydrogen) atoms. The molecule has 1 aliphatic heterocycles. The molecule has 0 spiro atoms. The van der Waals surface area contributed by atoms with Crippen LogP contribution in [0.2, 0.25) is 0 Å². The zero-order chi connectivity index (χ0) is 28.0. The highest BCUT2D eigenvalue weighted by molar-refractivity contribution is 9.10. The van der Waals surface area contributed by atoms with Gasteiger partial charge >= 0.3 is 6.09 Å². The number of hydrogen-bond acceptors (Lipinski definition) is 7. The molecule has 2 N–H and O–H groups in total. The van der Waals surface area contributed by atoms with Crippen molar-refractivity contribution < 1.29 is 19.1 Å². The van der Waals surface area contributed by atoms with Crippen LogP contribution in [0.5, 0.6) is 5.88 Å². The van der Waals surface area contributed by atoms with Gasteiger partial charge in [-0.2, -0.15) is 4.98 Å². The summed E-state index contributed by atoms with van der Waals surface area (Å²) in [6, 6.07) is 13.9. The first-order chi connectivity index (χ1) is 18.6. The van der Waals surface area contributed by atoms with Crippen LogP contribution in [0.1, 0.15) is 48.7 Å². The lowest BCUT2D eigenvalue weighted by Crippen LogP contribution is -2.34. The Labute approximate surface area is 245 Å². The van der Waals surface area contributed by atoms with Crippen LogP contribution in [0.15, 0.2) is 57.6 Å². The number of ether oxygens (including phenoxy) is 2. The molecule has 0 saturated carbocycles. The van der Waals surface area contributed by atoms with Gasteiger partial charge in [-0.25, -0.2) is 9.78 Å². The van der Waals surface area contributed by atoms with Crippen molar-refractivity contribution in [2.24, 2.45) is 0 Å². The fourth-order valence-electron chi connectivity index (χ4n) is 3.95. The van der Waals surface area contributed by atoms with E-state index in [1.54, 1.807) is 20.8 Å². The van der Waals surface area contributed by atoms with Gasteiger partial charge in [0.1, 0.15) is 17.8 Å². The van der Waals surface area contributed by atoms with Gasteiger partial charge in [0.15, 0.2) is 0 Å². The number of rotatable bonds is 9. The van der Waals surface area contributed by atoms with Crippen molar-refractivity contribution in [3.05, 3.63) is 74.3 Å². The summed E-state index contributed by atoms with van der Waals surface area (Å²) in [5.41, 5.74) is 2.85. The fraction of sp³-hybridized carbons (Fsp3) is 0.357. The van der Waals surface area contributed by atoms with Crippen molar-refractivity contribution in [3.8, 4) is 5.88 Å². The van der Waals surface area contributed by atoms with E-state index in [0.717, 1.165) is 33.2 Å². The molecule has 1 aromatic heterocycles. The Hall–Kier alpha value is -3.18. The lowest BCUT2D eigenvalue weighted by Gasteiger charge is -2.20. The Kier molecular flexibility index (Phi) is 9.45. The molecular weight excluding hydrogens is 630 g/mol. The van der Waals surface area contributed by atoms with E-state index >= 15 is 0 Å². The Balaban J connectivity index is 1.45. The summed E-state index contributed by atoms with van der Waals surface area (Å²) >= 11 is 6.97. The largest absolute Gasteiger partial charge is 0.472 e. The monoisotopic (exact) mass is 659 g/mol. The molecule has 0 bridgehead atoms. The van der Waals surface area contributed by atoms with Gasteiger partial charge in [0.25, 0.3) is 5.91 Å². The van der Waals surface area contributed by atoms with E-state index in [2.05, 4.69) is 58.5 Å². The van der Waals surface area contributed by atoms with Crippen LogP contribution in [0, 0.1) is 0 Å². The van der Waals surface area contributed by atoms with Crippen LogP contribution in [-0.4, -0.2) is 47.2 Å². The van der Waals surface area contributed by atoms with E-state index in [0.29, 0.717) is 25.5 Å². The molecule has 1 aliphatic rings. The van der Waals surface area contributed by atoms with Gasteiger partial charge in [0, 0.05) is 40.5 Å². The van der Waals surface area contributed by atoms with E-state index in [1.807, 2.05) is 41.3 Å². The molecule has 0 fully saturated rings. The molecule has 2 amide bonds. The third-order valence-electron chi connectivity index (χ3n) is 5.76. The summed E-state index contributed by atoms with van der Waals surface area (Å²) in [4.78, 5) is 36.1. The predicted octanol–water partition coefficient (Wildman–Crippen LogP) is 5.92. The lowest BCUT2D eigenvalue weighted by molar-refractivity contribution is 0.0527. The zero-order valence-corrected chi connectivity index (χ0v) is 25.3. The molecule has 9 nitrogen and oxygen atoms in total. The van der Waals surface area contributed by atoms with Gasteiger partial charge < -0.3 is 25.0 Å². The Morgan fingerprint density at radius 1 is 1.03 bits per heavy atom. The predicted molar refractivity (Wildman–Crippen MR) is 157 cm³/mol. The number of alkyl carbamates (subject to hydrolysis) is 1. The number of carbonyl (C=O) groups is 2. The van der Waals surface area contributed by atoms with Crippen LogP contribution in [0.4, 0.5) is 16.4 Å². The van der Waals surface area contributed by atoms with E-state index in [-0.39, 0.29) is 24.0 Å². The highest BCUT2D eigenvalue weighted by Crippen LogP contribution is 2.35. The number of anilines is 2. The number of benzene rings is 2. The maximum absolute atomic E-state index is 13.1. The minimum atomic E-state index is -0.564. The Bertz CT molecular complexity index is 1330. The van der Waals surface area contributed by atoms with Crippen LogP contribution < -0.4 is 20.3 Å². The van der Waals surface area contributed by atoms with Crippen LogP contribution in [-0.2, 0) is 17.8 Å². The maximum Gasteiger partial charge on any atom is 0.407 e. The summed E-state index contributed by atoms with van der Waals surface area (Å²) in [7, 11) is 0. The molecule has 0 saturated heterocycles. The van der Waals surface area contributed by atoms with Crippen molar-refractivity contribution in [2.45, 2.75) is 45.8 Å². The first-order valence-corrected chi connectivity index (χ1v) is 14.2. The maximum atomic E-state index is 13.1. The van der Waals surface area contributed by atoms with Crippen LogP contribution in [0.25, 0.3) is 0 Å². The van der Waals surface area contributed by atoms with E-state index in [9.17, 15) is 9.59 Å². The van der Waals surface area contributed by atoms with Crippen LogP contribution >= 0.6 is 31.9 Å². The van der Waals surface area contributed by atoms with Gasteiger partial charge in [-0.15, -0.1) is 0 Å². The number of amides is 2. The number of hydrogen-bond donors (Lipinski definition) is 2. The van der Waals surface area contributed by atoms with Gasteiger partial charge in [-0.3, -0.25) is 4.79 Å². The second-order valence-electron chi connectivity index (χ2n) is 10.0. The Morgan fingerprint density at radius 2 is 1.74 bits per heavy atom. The van der Waals surface area contributed by atoms with Crippen molar-refractivity contribution in [1.82, 2.24) is 20.6 Å². The second kappa shape index (κ2) is 12.8. The molecule has 11 heteroatoms. The van der Waals surface area contributed by atoms with E-state index < -0.39 is 11.7 Å².